The summed E-state index contributed by atoms with van der Waals surface area (Å²) in [5.74, 6) is -2.64. The molecule has 0 spiro atoms. The SMILES string of the molecule is O=C(O)C1(C(=O)O)CCc2cc(Br)ccc2O1. The van der Waals surface area contributed by atoms with E-state index >= 15 is 0 Å². The predicted molar refractivity (Wildman–Crippen MR) is 61.1 cm³/mol. The Morgan fingerprint density at radius 3 is 2.53 bits per heavy atom. The Morgan fingerprint density at radius 1 is 1.29 bits per heavy atom. The number of rotatable bonds is 2. The van der Waals surface area contributed by atoms with E-state index in [2.05, 4.69) is 15.9 Å². The van der Waals surface area contributed by atoms with E-state index in [1.807, 2.05) is 0 Å². The van der Waals surface area contributed by atoms with Crippen molar-refractivity contribution in [3.63, 3.8) is 0 Å². The zero-order valence-corrected chi connectivity index (χ0v) is 10.2. The average Bonchev–Trinajstić information content (AvgIpc) is 2.27. The van der Waals surface area contributed by atoms with Gasteiger partial charge in [-0.3, -0.25) is 0 Å². The van der Waals surface area contributed by atoms with E-state index in [9.17, 15) is 9.59 Å². The standard InChI is InChI=1S/C11H9BrO5/c12-7-1-2-8-6(5-7)3-4-11(17-8,9(13)14)10(15)16/h1-2,5H,3-4H2,(H,13,14)(H,15,16). The van der Waals surface area contributed by atoms with Crippen LogP contribution in [0.3, 0.4) is 0 Å². The largest absolute Gasteiger partial charge is 0.478 e. The van der Waals surface area contributed by atoms with Gasteiger partial charge < -0.3 is 14.9 Å². The molecule has 0 amide bonds. The summed E-state index contributed by atoms with van der Waals surface area (Å²) >= 11 is 3.29. The molecular weight excluding hydrogens is 292 g/mol. The van der Waals surface area contributed by atoms with Crippen LogP contribution in [-0.4, -0.2) is 27.8 Å². The fraction of sp³-hybridized carbons (Fsp3) is 0.273. The summed E-state index contributed by atoms with van der Waals surface area (Å²) < 4.78 is 6.02. The van der Waals surface area contributed by atoms with Gasteiger partial charge in [0, 0.05) is 10.9 Å². The van der Waals surface area contributed by atoms with Crippen molar-refractivity contribution in [2.45, 2.75) is 18.4 Å². The van der Waals surface area contributed by atoms with Crippen LogP contribution < -0.4 is 4.74 Å². The van der Waals surface area contributed by atoms with E-state index in [-0.39, 0.29) is 6.42 Å². The second-order valence-electron chi connectivity index (χ2n) is 3.79. The summed E-state index contributed by atoms with van der Waals surface area (Å²) in [4.78, 5) is 22.2. The Hall–Kier alpha value is -1.56. The molecule has 1 aliphatic heterocycles. The molecule has 2 rings (SSSR count). The Bertz CT molecular complexity index is 483. The summed E-state index contributed by atoms with van der Waals surface area (Å²) in [6, 6.07) is 5.04. The number of fused-ring (bicyclic) bond motifs is 1. The Labute approximate surface area is 105 Å². The zero-order valence-electron chi connectivity index (χ0n) is 8.64. The van der Waals surface area contributed by atoms with E-state index in [1.165, 1.54) is 0 Å². The number of carboxylic acids is 2. The van der Waals surface area contributed by atoms with E-state index in [0.717, 1.165) is 10.0 Å². The molecule has 0 aliphatic carbocycles. The molecule has 0 unspecified atom stereocenters. The van der Waals surface area contributed by atoms with Gasteiger partial charge in [0.1, 0.15) is 5.75 Å². The quantitative estimate of drug-likeness (QED) is 0.812. The summed E-state index contributed by atoms with van der Waals surface area (Å²) in [6.07, 6.45) is 0.272. The molecule has 0 saturated carbocycles. The fourth-order valence-electron chi connectivity index (χ4n) is 1.79. The van der Waals surface area contributed by atoms with Gasteiger partial charge in [0.15, 0.2) is 0 Å². The van der Waals surface area contributed by atoms with Crippen LogP contribution >= 0.6 is 15.9 Å². The highest BCUT2D eigenvalue weighted by Crippen LogP contribution is 2.35. The minimum Gasteiger partial charge on any atom is -0.478 e. The van der Waals surface area contributed by atoms with Crippen LogP contribution in [0.25, 0.3) is 0 Å². The molecule has 17 heavy (non-hydrogen) atoms. The molecule has 0 radical (unpaired) electrons. The van der Waals surface area contributed by atoms with Crippen molar-refractivity contribution in [3.05, 3.63) is 28.2 Å². The first-order valence-corrected chi connectivity index (χ1v) is 5.69. The lowest BCUT2D eigenvalue weighted by molar-refractivity contribution is -0.174. The number of aryl methyl sites for hydroxylation is 1. The molecule has 0 fully saturated rings. The number of hydrogen-bond acceptors (Lipinski definition) is 3. The lowest BCUT2D eigenvalue weighted by Crippen LogP contribution is -2.53. The van der Waals surface area contributed by atoms with E-state index in [1.54, 1.807) is 18.2 Å². The lowest BCUT2D eigenvalue weighted by atomic mass is 9.91. The second kappa shape index (κ2) is 4.03. The summed E-state index contributed by atoms with van der Waals surface area (Å²) in [5, 5.41) is 18.0. The number of carbonyl (C=O) groups is 2. The summed E-state index contributed by atoms with van der Waals surface area (Å²) in [5.41, 5.74) is -1.36. The van der Waals surface area contributed by atoms with Crippen molar-refractivity contribution < 1.29 is 24.5 Å². The van der Waals surface area contributed by atoms with E-state index in [4.69, 9.17) is 14.9 Å². The maximum absolute atomic E-state index is 11.1. The van der Waals surface area contributed by atoms with Gasteiger partial charge in [0.05, 0.1) is 0 Å². The molecule has 2 N–H and O–H groups in total. The topological polar surface area (TPSA) is 83.8 Å². The Balaban J connectivity index is 2.43. The second-order valence-corrected chi connectivity index (χ2v) is 4.71. The van der Waals surface area contributed by atoms with Crippen LogP contribution in [0.5, 0.6) is 5.75 Å². The van der Waals surface area contributed by atoms with Crippen LogP contribution in [0.15, 0.2) is 22.7 Å². The molecule has 1 aliphatic rings. The van der Waals surface area contributed by atoms with E-state index < -0.39 is 17.5 Å². The smallest absolute Gasteiger partial charge is 0.360 e. The highest BCUT2D eigenvalue weighted by Gasteiger charge is 2.51. The molecule has 0 aromatic heterocycles. The maximum Gasteiger partial charge on any atom is 0.360 e. The van der Waals surface area contributed by atoms with Crippen molar-refractivity contribution in [3.8, 4) is 5.75 Å². The minimum atomic E-state index is -2.17. The highest BCUT2D eigenvalue weighted by molar-refractivity contribution is 9.10. The van der Waals surface area contributed by atoms with Crippen molar-refractivity contribution in [2.24, 2.45) is 0 Å². The lowest BCUT2D eigenvalue weighted by Gasteiger charge is -2.31. The molecular formula is C11H9BrO5. The van der Waals surface area contributed by atoms with Crippen LogP contribution in [-0.2, 0) is 16.0 Å². The van der Waals surface area contributed by atoms with Gasteiger partial charge in [-0.05, 0) is 30.2 Å². The number of ether oxygens (including phenoxy) is 1. The molecule has 1 aromatic carbocycles. The maximum atomic E-state index is 11.1. The van der Waals surface area contributed by atoms with Crippen molar-refractivity contribution in [2.75, 3.05) is 0 Å². The normalized spacial score (nSPS) is 16.8. The predicted octanol–water partition coefficient (Wildman–Crippen LogP) is 1.68. The number of carboxylic acid groups (broad SMARTS) is 2. The van der Waals surface area contributed by atoms with Gasteiger partial charge in [-0.15, -0.1) is 0 Å². The summed E-state index contributed by atoms with van der Waals surface area (Å²) in [7, 11) is 0. The third-order valence-corrected chi connectivity index (χ3v) is 3.24. The fourth-order valence-corrected chi connectivity index (χ4v) is 2.19. The average molecular weight is 301 g/mol. The molecule has 5 nitrogen and oxygen atoms in total. The zero-order chi connectivity index (χ0) is 12.6. The van der Waals surface area contributed by atoms with Crippen LogP contribution in [0, 0.1) is 0 Å². The Kier molecular flexibility index (Phi) is 2.82. The number of aliphatic carboxylic acids is 2. The third-order valence-electron chi connectivity index (χ3n) is 2.74. The summed E-state index contributed by atoms with van der Waals surface area (Å²) in [6.45, 7) is 0. The van der Waals surface area contributed by atoms with Gasteiger partial charge in [0.25, 0.3) is 0 Å². The Morgan fingerprint density at radius 2 is 1.94 bits per heavy atom. The first kappa shape index (κ1) is 11.9. The molecule has 6 heteroatoms. The van der Waals surface area contributed by atoms with Crippen LogP contribution in [0.4, 0.5) is 0 Å². The van der Waals surface area contributed by atoms with Gasteiger partial charge in [-0.1, -0.05) is 15.9 Å². The number of benzene rings is 1. The van der Waals surface area contributed by atoms with E-state index in [0.29, 0.717) is 12.2 Å². The van der Waals surface area contributed by atoms with Gasteiger partial charge in [-0.2, -0.15) is 0 Å². The highest BCUT2D eigenvalue weighted by atomic mass is 79.9. The molecule has 1 aromatic rings. The molecule has 0 saturated heterocycles. The third kappa shape index (κ3) is 1.88. The first-order valence-electron chi connectivity index (χ1n) is 4.90. The van der Waals surface area contributed by atoms with Crippen LogP contribution in [0.1, 0.15) is 12.0 Å². The molecule has 1 heterocycles. The van der Waals surface area contributed by atoms with Gasteiger partial charge >= 0.3 is 17.5 Å². The monoisotopic (exact) mass is 300 g/mol. The minimum absolute atomic E-state index is 0.0822. The first-order chi connectivity index (χ1) is 7.95. The number of hydrogen-bond donors (Lipinski definition) is 2. The van der Waals surface area contributed by atoms with Crippen molar-refractivity contribution >= 4 is 27.9 Å². The van der Waals surface area contributed by atoms with Crippen molar-refractivity contribution in [1.82, 2.24) is 0 Å². The van der Waals surface area contributed by atoms with Crippen LogP contribution in [0.2, 0.25) is 0 Å². The van der Waals surface area contributed by atoms with Gasteiger partial charge in [0.2, 0.25) is 0 Å². The number of halogens is 1. The molecule has 0 bridgehead atoms. The molecule has 0 atom stereocenters. The van der Waals surface area contributed by atoms with Gasteiger partial charge in [-0.25, -0.2) is 9.59 Å². The van der Waals surface area contributed by atoms with Crippen molar-refractivity contribution in [1.29, 1.82) is 0 Å². The molecule has 90 valence electrons.